The minimum Gasteiger partial charge on any atom is -0.384 e. The molecule has 22 heavy (non-hydrogen) atoms. The number of anilines is 1. The fourth-order valence-electron chi connectivity index (χ4n) is 2.65. The molecule has 1 atom stereocenters. The third kappa shape index (κ3) is 3.04. The largest absolute Gasteiger partial charge is 0.384 e. The molecule has 0 spiro atoms. The Labute approximate surface area is 145 Å². The summed E-state index contributed by atoms with van der Waals surface area (Å²) in [6, 6.07) is 28.0. The van der Waals surface area contributed by atoms with Crippen LogP contribution in [0.25, 0.3) is 0 Å². The summed E-state index contributed by atoms with van der Waals surface area (Å²) in [5.41, 5.74) is 5.91. The second-order valence-electron chi connectivity index (χ2n) is 5.21. The van der Waals surface area contributed by atoms with Crippen LogP contribution in [0.5, 0.6) is 0 Å². The molecular formula is C18H17IrN2Si-. The van der Waals surface area contributed by atoms with Gasteiger partial charge in [-0.15, -0.1) is 0 Å². The maximum atomic E-state index is 5.91. The smallest absolute Gasteiger partial charge is 0.144 e. The first-order valence-corrected chi connectivity index (χ1v) is 9.47. The zero-order valence-electron chi connectivity index (χ0n) is 12.3. The van der Waals surface area contributed by atoms with Crippen LogP contribution in [-0.4, -0.2) is 13.1 Å². The second kappa shape index (κ2) is 7.01. The van der Waals surface area contributed by atoms with E-state index in [4.69, 9.17) is 5.73 Å². The maximum Gasteiger partial charge on any atom is 0.144 e. The van der Waals surface area contributed by atoms with Crippen molar-refractivity contribution in [2.24, 2.45) is 0 Å². The van der Waals surface area contributed by atoms with Crippen molar-refractivity contribution in [1.82, 2.24) is 4.98 Å². The summed E-state index contributed by atoms with van der Waals surface area (Å²) in [5, 5.41) is 3.59. The molecule has 1 heterocycles. The van der Waals surface area contributed by atoms with Gasteiger partial charge in [0.1, 0.15) is 13.9 Å². The van der Waals surface area contributed by atoms with Gasteiger partial charge in [0, 0.05) is 25.4 Å². The minimum absolute atomic E-state index is 0. The summed E-state index contributed by atoms with van der Waals surface area (Å²) >= 11 is 0. The number of hydrogen-bond acceptors (Lipinski definition) is 2. The van der Waals surface area contributed by atoms with Crippen LogP contribution in [0.1, 0.15) is 0 Å². The van der Waals surface area contributed by atoms with Gasteiger partial charge in [-0.25, -0.2) is 4.98 Å². The third-order valence-electron chi connectivity index (χ3n) is 3.88. The van der Waals surface area contributed by atoms with Crippen molar-refractivity contribution in [3.63, 3.8) is 0 Å². The van der Waals surface area contributed by atoms with Gasteiger partial charge in [0.05, 0.1) is 0 Å². The first kappa shape index (κ1) is 16.6. The first-order chi connectivity index (χ1) is 10.2. The predicted octanol–water partition coefficient (Wildman–Crippen LogP) is 1.56. The molecule has 0 aliphatic carbocycles. The number of hydrogen-bond donors (Lipinski definition) is 1. The molecule has 0 aliphatic rings. The van der Waals surface area contributed by atoms with Crippen molar-refractivity contribution in [1.29, 1.82) is 0 Å². The van der Waals surface area contributed by atoms with E-state index < -0.39 is 8.07 Å². The van der Waals surface area contributed by atoms with Gasteiger partial charge in [-0.05, 0) is 17.3 Å². The van der Waals surface area contributed by atoms with Crippen molar-refractivity contribution >= 4 is 29.6 Å². The average Bonchev–Trinajstić information content (AvgIpc) is 2.56. The van der Waals surface area contributed by atoms with Crippen LogP contribution in [-0.2, 0) is 20.1 Å². The maximum absolute atomic E-state index is 5.91. The van der Waals surface area contributed by atoms with Crippen molar-refractivity contribution in [3.8, 4) is 0 Å². The molecule has 1 aromatic heterocycles. The molecule has 0 fully saturated rings. The summed E-state index contributed by atoms with van der Waals surface area (Å²) in [5.74, 6) is 0.568. The van der Waals surface area contributed by atoms with Gasteiger partial charge in [-0.2, -0.15) is 35.5 Å². The van der Waals surface area contributed by atoms with Crippen LogP contribution in [0.3, 0.4) is 0 Å². The van der Waals surface area contributed by atoms with Crippen molar-refractivity contribution in [2.45, 2.75) is 6.55 Å². The van der Waals surface area contributed by atoms with Crippen LogP contribution in [0, 0.1) is 6.07 Å². The SMILES string of the molecule is C[Si](c1[c-]cccc1)(c1ccccc1)c1cccc(N)n1.[Ir]. The second-order valence-corrected chi connectivity index (χ2v) is 9.09. The Morgan fingerprint density at radius 2 is 1.64 bits per heavy atom. The van der Waals surface area contributed by atoms with Crippen molar-refractivity contribution < 1.29 is 20.1 Å². The fraction of sp³-hybridized carbons (Fsp3) is 0.0556. The Morgan fingerprint density at radius 3 is 2.27 bits per heavy atom. The molecule has 0 amide bonds. The van der Waals surface area contributed by atoms with E-state index >= 15 is 0 Å². The quantitative estimate of drug-likeness (QED) is 0.456. The summed E-state index contributed by atoms with van der Waals surface area (Å²) in [7, 11) is -2.16. The monoisotopic (exact) mass is 482 g/mol. The van der Waals surface area contributed by atoms with E-state index in [-0.39, 0.29) is 20.1 Å². The van der Waals surface area contributed by atoms with Gasteiger partial charge in [-0.3, -0.25) is 0 Å². The van der Waals surface area contributed by atoms with Crippen LogP contribution in [0.2, 0.25) is 6.55 Å². The van der Waals surface area contributed by atoms with Crippen LogP contribution >= 0.6 is 0 Å². The van der Waals surface area contributed by atoms with E-state index in [0.29, 0.717) is 5.82 Å². The molecule has 1 radical (unpaired) electrons. The zero-order chi connectivity index (χ0) is 14.7. The normalized spacial score (nSPS) is 13.0. The topological polar surface area (TPSA) is 38.9 Å². The van der Waals surface area contributed by atoms with Gasteiger partial charge in [0.15, 0.2) is 0 Å². The van der Waals surface area contributed by atoms with E-state index in [0.717, 1.165) is 5.32 Å². The van der Waals surface area contributed by atoms with Gasteiger partial charge >= 0.3 is 0 Å². The number of benzene rings is 2. The molecule has 3 rings (SSSR count). The minimum atomic E-state index is -2.16. The molecular weight excluding hydrogens is 465 g/mol. The number of aromatic nitrogens is 1. The molecule has 0 saturated heterocycles. The first-order valence-electron chi connectivity index (χ1n) is 6.97. The number of nitrogen functional groups attached to an aromatic ring is 1. The van der Waals surface area contributed by atoms with Gasteiger partial charge < -0.3 is 5.73 Å². The predicted molar refractivity (Wildman–Crippen MR) is 90.9 cm³/mol. The van der Waals surface area contributed by atoms with E-state index in [1.807, 2.05) is 30.3 Å². The Kier molecular flexibility index (Phi) is 5.30. The van der Waals surface area contributed by atoms with Gasteiger partial charge in [-0.1, -0.05) is 42.9 Å². The van der Waals surface area contributed by atoms with E-state index in [2.05, 4.69) is 60.1 Å². The van der Waals surface area contributed by atoms with Crippen molar-refractivity contribution in [2.75, 3.05) is 5.73 Å². The summed E-state index contributed by atoms with van der Waals surface area (Å²) in [4.78, 5) is 4.62. The molecule has 0 bridgehead atoms. The summed E-state index contributed by atoms with van der Waals surface area (Å²) in [6.07, 6.45) is 0. The van der Waals surface area contributed by atoms with Crippen LogP contribution < -0.4 is 21.4 Å². The number of rotatable bonds is 3. The molecule has 113 valence electrons. The van der Waals surface area contributed by atoms with Crippen molar-refractivity contribution in [3.05, 3.63) is 78.9 Å². The molecule has 0 saturated carbocycles. The Bertz CT molecular complexity index is 693. The van der Waals surface area contributed by atoms with E-state index in [1.54, 1.807) is 0 Å². The Hall–Kier alpha value is -1.74. The standard InChI is InChI=1S/C18H17N2Si.Ir/c1-21(15-9-4-2-5-10-15,16-11-6-3-7-12-16)18-14-8-13-17(19)20-18;/h2-11,13-14H,1H3,(H2,19,20);/q-1;. The Morgan fingerprint density at radius 1 is 0.909 bits per heavy atom. The summed E-state index contributed by atoms with van der Waals surface area (Å²) in [6.45, 7) is 2.30. The molecule has 0 aliphatic heterocycles. The fourth-order valence-corrected chi connectivity index (χ4v) is 5.97. The molecule has 2 N–H and O–H groups in total. The van der Waals surface area contributed by atoms with E-state index in [1.165, 1.54) is 10.4 Å². The molecule has 2 aromatic carbocycles. The van der Waals surface area contributed by atoms with Crippen LogP contribution in [0.15, 0.2) is 72.8 Å². The Balaban J connectivity index is 0.00000176. The number of pyridine rings is 1. The molecule has 4 heteroatoms. The molecule has 1 unspecified atom stereocenters. The van der Waals surface area contributed by atoms with E-state index in [9.17, 15) is 0 Å². The van der Waals surface area contributed by atoms with Gasteiger partial charge in [0.2, 0.25) is 0 Å². The number of nitrogens with two attached hydrogens (primary N) is 1. The van der Waals surface area contributed by atoms with Crippen LogP contribution in [0.4, 0.5) is 5.82 Å². The van der Waals surface area contributed by atoms with Gasteiger partial charge in [0.25, 0.3) is 0 Å². The summed E-state index contributed by atoms with van der Waals surface area (Å²) < 4.78 is 0. The third-order valence-corrected chi connectivity index (χ3v) is 8.06. The molecule has 3 aromatic rings. The average molecular weight is 482 g/mol. The molecule has 2 nitrogen and oxygen atoms in total. The number of nitrogens with zero attached hydrogens (tertiary/aromatic N) is 1. The zero-order valence-corrected chi connectivity index (χ0v) is 15.7.